The number of carboxylic acid groups (broad SMARTS) is 1. The highest BCUT2D eigenvalue weighted by Gasteiger charge is 2.35. The van der Waals surface area contributed by atoms with E-state index in [0.717, 1.165) is 5.56 Å². The molecule has 0 radical (unpaired) electrons. The van der Waals surface area contributed by atoms with Crippen LogP contribution in [0.4, 0.5) is 15.8 Å². The molecule has 1 atom stereocenters. The lowest BCUT2D eigenvalue weighted by Gasteiger charge is -2.18. The van der Waals surface area contributed by atoms with Gasteiger partial charge in [0.25, 0.3) is 0 Å². The first-order valence-electron chi connectivity index (χ1n) is 8.47. The molecule has 0 spiro atoms. The number of rotatable bonds is 4. The van der Waals surface area contributed by atoms with Crippen LogP contribution in [0.1, 0.15) is 27.9 Å². The zero-order valence-electron chi connectivity index (χ0n) is 15.0. The summed E-state index contributed by atoms with van der Waals surface area (Å²) in [6, 6.07) is 8.87. The van der Waals surface area contributed by atoms with Crippen LogP contribution in [0.5, 0.6) is 0 Å². The van der Waals surface area contributed by atoms with Crippen LogP contribution in [-0.2, 0) is 9.59 Å². The van der Waals surface area contributed by atoms with E-state index in [1.54, 1.807) is 26.0 Å². The average molecular weight is 370 g/mol. The van der Waals surface area contributed by atoms with E-state index in [2.05, 4.69) is 5.32 Å². The second-order valence-electron chi connectivity index (χ2n) is 6.66. The number of hydrogen-bond acceptors (Lipinski definition) is 3. The molecule has 1 fully saturated rings. The molecule has 1 unspecified atom stereocenters. The van der Waals surface area contributed by atoms with Crippen LogP contribution >= 0.6 is 0 Å². The molecule has 1 aliphatic heterocycles. The van der Waals surface area contributed by atoms with E-state index >= 15 is 0 Å². The summed E-state index contributed by atoms with van der Waals surface area (Å²) in [6.07, 6.45) is 0.0416. The molecule has 3 rings (SSSR count). The third-order valence-corrected chi connectivity index (χ3v) is 4.69. The third-order valence-electron chi connectivity index (χ3n) is 4.69. The van der Waals surface area contributed by atoms with Crippen LogP contribution in [0.3, 0.4) is 0 Å². The predicted octanol–water partition coefficient (Wildman–Crippen LogP) is 3.13. The van der Waals surface area contributed by atoms with E-state index in [-0.39, 0.29) is 36.2 Å². The fraction of sp³-hybridized carbons (Fsp3) is 0.250. The second-order valence-corrected chi connectivity index (χ2v) is 6.66. The van der Waals surface area contributed by atoms with Crippen LogP contribution in [0.15, 0.2) is 36.4 Å². The van der Waals surface area contributed by atoms with Gasteiger partial charge >= 0.3 is 5.97 Å². The highest BCUT2D eigenvalue weighted by molar-refractivity contribution is 6.04. The standard InChI is InChI=1S/C20H19FN2O4/c1-11-3-4-13(20(26)27)8-17(11)22-19(25)14-9-18(24)23(10-14)15-5-6-16(21)12(2)7-15/h3-8,14H,9-10H2,1-2H3,(H,22,25)(H,26,27). The minimum atomic E-state index is -1.08. The molecule has 0 aliphatic carbocycles. The zero-order chi connectivity index (χ0) is 19.7. The molecule has 0 saturated carbocycles. The molecule has 2 amide bonds. The lowest BCUT2D eigenvalue weighted by Crippen LogP contribution is -2.28. The Bertz CT molecular complexity index is 942. The van der Waals surface area contributed by atoms with Gasteiger partial charge in [0.05, 0.1) is 11.5 Å². The predicted molar refractivity (Wildman–Crippen MR) is 98.4 cm³/mol. The molecule has 6 nitrogen and oxygen atoms in total. The zero-order valence-corrected chi connectivity index (χ0v) is 15.0. The van der Waals surface area contributed by atoms with E-state index in [1.807, 2.05) is 0 Å². The van der Waals surface area contributed by atoms with Crippen molar-refractivity contribution in [3.8, 4) is 0 Å². The second kappa shape index (κ2) is 7.19. The number of aromatic carboxylic acids is 1. The molecule has 1 aliphatic rings. The van der Waals surface area contributed by atoms with Crippen molar-refractivity contribution in [3.63, 3.8) is 0 Å². The van der Waals surface area contributed by atoms with Gasteiger partial charge in [-0.05, 0) is 55.3 Å². The molecule has 2 aromatic rings. The van der Waals surface area contributed by atoms with E-state index in [9.17, 15) is 18.8 Å². The van der Waals surface area contributed by atoms with Crippen LogP contribution in [0.25, 0.3) is 0 Å². The van der Waals surface area contributed by atoms with Gasteiger partial charge in [-0.3, -0.25) is 9.59 Å². The first-order chi connectivity index (χ1) is 12.8. The number of carbonyl (C=O) groups is 3. The number of carboxylic acids is 1. The molecule has 2 N–H and O–H groups in total. The van der Waals surface area contributed by atoms with Gasteiger partial charge < -0.3 is 15.3 Å². The SMILES string of the molecule is Cc1cc(N2CC(C(=O)Nc3cc(C(=O)O)ccc3C)CC2=O)ccc1F. The number of aryl methyl sites for hydroxylation is 2. The highest BCUT2D eigenvalue weighted by atomic mass is 19.1. The van der Waals surface area contributed by atoms with Crippen LogP contribution < -0.4 is 10.2 Å². The molecular formula is C20H19FN2O4. The fourth-order valence-electron chi connectivity index (χ4n) is 3.05. The molecule has 0 bridgehead atoms. The topological polar surface area (TPSA) is 86.7 Å². The number of nitrogens with zero attached hydrogens (tertiary/aromatic N) is 1. The maximum atomic E-state index is 13.4. The van der Waals surface area contributed by atoms with Crippen molar-refractivity contribution in [2.45, 2.75) is 20.3 Å². The van der Waals surface area contributed by atoms with Gasteiger partial charge in [-0.25, -0.2) is 9.18 Å². The van der Waals surface area contributed by atoms with Crippen molar-refractivity contribution < 1.29 is 23.9 Å². The van der Waals surface area contributed by atoms with Crippen molar-refractivity contribution in [1.29, 1.82) is 0 Å². The van der Waals surface area contributed by atoms with Gasteiger partial charge in [0.2, 0.25) is 11.8 Å². The van der Waals surface area contributed by atoms with Gasteiger partial charge in [0, 0.05) is 24.3 Å². The monoisotopic (exact) mass is 370 g/mol. The Labute approximate surface area is 155 Å². The van der Waals surface area contributed by atoms with Gasteiger partial charge in [0.15, 0.2) is 0 Å². The normalized spacial score (nSPS) is 16.5. The minimum absolute atomic E-state index is 0.0416. The first kappa shape index (κ1) is 18.6. The summed E-state index contributed by atoms with van der Waals surface area (Å²) in [5.41, 5.74) is 2.18. The Morgan fingerprint density at radius 2 is 1.89 bits per heavy atom. The number of hydrogen-bond donors (Lipinski definition) is 2. The van der Waals surface area contributed by atoms with E-state index < -0.39 is 11.9 Å². The first-order valence-corrected chi connectivity index (χ1v) is 8.47. The summed E-state index contributed by atoms with van der Waals surface area (Å²) in [6.45, 7) is 3.56. The summed E-state index contributed by atoms with van der Waals surface area (Å²) in [5.74, 6) is -2.57. The van der Waals surface area contributed by atoms with Gasteiger partial charge in [-0.15, -0.1) is 0 Å². The van der Waals surface area contributed by atoms with E-state index in [1.165, 1.54) is 29.2 Å². The number of nitrogens with one attached hydrogen (secondary N) is 1. The Hall–Kier alpha value is -3.22. The smallest absolute Gasteiger partial charge is 0.335 e. The highest BCUT2D eigenvalue weighted by Crippen LogP contribution is 2.28. The number of carbonyl (C=O) groups excluding carboxylic acids is 2. The molecule has 1 saturated heterocycles. The Morgan fingerprint density at radius 3 is 2.56 bits per heavy atom. The van der Waals surface area contributed by atoms with Crippen molar-refractivity contribution in [2.24, 2.45) is 5.92 Å². The van der Waals surface area contributed by atoms with Crippen LogP contribution in [0.2, 0.25) is 0 Å². The fourth-order valence-corrected chi connectivity index (χ4v) is 3.05. The number of benzene rings is 2. The van der Waals surface area contributed by atoms with Gasteiger partial charge in [-0.1, -0.05) is 6.07 Å². The van der Waals surface area contributed by atoms with Crippen molar-refractivity contribution >= 4 is 29.2 Å². The number of anilines is 2. The Kier molecular flexibility index (Phi) is 4.94. The van der Waals surface area contributed by atoms with Crippen molar-refractivity contribution in [1.82, 2.24) is 0 Å². The van der Waals surface area contributed by atoms with Gasteiger partial charge in [0.1, 0.15) is 5.82 Å². The average Bonchev–Trinajstić information content (AvgIpc) is 3.01. The summed E-state index contributed by atoms with van der Waals surface area (Å²) in [4.78, 5) is 37.5. The maximum Gasteiger partial charge on any atom is 0.335 e. The van der Waals surface area contributed by atoms with Crippen molar-refractivity contribution in [3.05, 3.63) is 58.9 Å². The lowest BCUT2D eigenvalue weighted by molar-refractivity contribution is -0.122. The molecule has 140 valence electrons. The third kappa shape index (κ3) is 3.81. The summed E-state index contributed by atoms with van der Waals surface area (Å²) in [7, 11) is 0. The minimum Gasteiger partial charge on any atom is -0.478 e. The number of amides is 2. The molecule has 1 heterocycles. The van der Waals surface area contributed by atoms with Crippen LogP contribution in [0, 0.1) is 25.6 Å². The summed E-state index contributed by atoms with van der Waals surface area (Å²) < 4.78 is 13.4. The van der Waals surface area contributed by atoms with Gasteiger partial charge in [-0.2, -0.15) is 0 Å². The molecule has 27 heavy (non-hydrogen) atoms. The van der Waals surface area contributed by atoms with Crippen molar-refractivity contribution in [2.75, 3.05) is 16.8 Å². The largest absolute Gasteiger partial charge is 0.478 e. The summed E-state index contributed by atoms with van der Waals surface area (Å²) >= 11 is 0. The molecule has 0 aromatic heterocycles. The number of halogens is 1. The quantitative estimate of drug-likeness (QED) is 0.866. The maximum absolute atomic E-state index is 13.4. The molecule has 2 aromatic carbocycles. The molecule has 7 heteroatoms. The Morgan fingerprint density at radius 1 is 1.15 bits per heavy atom. The Balaban J connectivity index is 1.75. The van der Waals surface area contributed by atoms with E-state index in [4.69, 9.17) is 5.11 Å². The molecular weight excluding hydrogens is 351 g/mol. The van der Waals surface area contributed by atoms with Crippen LogP contribution in [-0.4, -0.2) is 29.4 Å². The summed E-state index contributed by atoms with van der Waals surface area (Å²) in [5, 5.41) is 11.8. The lowest BCUT2D eigenvalue weighted by atomic mass is 10.1. The van der Waals surface area contributed by atoms with E-state index in [0.29, 0.717) is 16.9 Å².